The van der Waals surface area contributed by atoms with Crippen LogP contribution in [0.2, 0.25) is 0 Å². The number of aliphatic hydroxyl groups is 1. The maximum atomic E-state index is 13.7. The molecule has 8 nitrogen and oxygen atoms in total. The molecule has 0 spiro atoms. The molecule has 0 saturated heterocycles. The van der Waals surface area contributed by atoms with E-state index in [2.05, 4.69) is 15.0 Å². The summed E-state index contributed by atoms with van der Waals surface area (Å²) in [5, 5.41) is 20.8. The Kier molecular flexibility index (Phi) is 4.66. The van der Waals surface area contributed by atoms with Crippen molar-refractivity contribution in [3.05, 3.63) is 70.4 Å². The van der Waals surface area contributed by atoms with Gasteiger partial charge in [0.05, 0.1) is 6.61 Å². The maximum absolute atomic E-state index is 13.7. The number of aromatic nitrogens is 3. The Bertz CT molecular complexity index is 886. The summed E-state index contributed by atoms with van der Waals surface area (Å²) in [6, 6.07) is 6.77. The number of nitrogens with one attached hydrogen (secondary N) is 1. The highest BCUT2D eigenvalue weighted by atomic mass is 19.1. The normalized spacial score (nSPS) is 11.9. The summed E-state index contributed by atoms with van der Waals surface area (Å²) < 4.78 is 19.3. The Morgan fingerprint density at radius 3 is 2.84 bits per heavy atom. The van der Waals surface area contributed by atoms with Gasteiger partial charge in [-0.1, -0.05) is 0 Å². The van der Waals surface area contributed by atoms with Crippen LogP contribution in [0.15, 0.2) is 48.9 Å². The van der Waals surface area contributed by atoms with E-state index < -0.39 is 29.3 Å². The monoisotopic (exact) mass is 344 g/mol. The van der Waals surface area contributed by atoms with Gasteiger partial charge in [-0.05, 0) is 40.2 Å². The first-order chi connectivity index (χ1) is 12.1. The number of hydrogen-bond donors (Lipinski definition) is 2. The molecule has 9 heteroatoms. The van der Waals surface area contributed by atoms with E-state index in [0.29, 0.717) is 17.0 Å². The van der Waals surface area contributed by atoms with Crippen molar-refractivity contribution in [1.29, 1.82) is 0 Å². The van der Waals surface area contributed by atoms with Crippen LogP contribution in [0.25, 0.3) is 11.4 Å². The Hall–Kier alpha value is -3.33. The van der Waals surface area contributed by atoms with E-state index in [1.807, 2.05) is 0 Å². The predicted octanol–water partition coefficient (Wildman–Crippen LogP) is 2.63. The third kappa shape index (κ3) is 3.45. The number of hydrogen-bond acceptors (Lipinski definition) is 6. The molecule has 0 aliphatic heterocycles. The van der Waals surface area contributed by atoms with Crippen LogP contribution in [0.4, 0.5) is 10.2 Å². The van der Waals surface area contributed by atoms with Gasteiger partial charge in [-0.25, -0.2) is 9.37 Å². The quantitative estimate of drug-likeness (QED) is 0.525. The van der Waals surface area contributed by atoms with Crippen LogP contribution >= 0.6 is 0 Å². The third-order valence-electron chi connectivity index (χ3n) is 3.47. The number of ether oxygens (including phenoxy) is 1. The van der Waals surface area contributed by atoms with Crippen LogP contribution in [-0.4, -0.2) is 31.6 Å². The Morgan fingerprint density at radius 2 is 2.16 bits per heavy atom. The lowest BCUT2D eigenvalue weighted by Crippen LogP contribution is -2.15. The summed E-state index contributed by atoms with van der Waals surface area (Å²) in [5.74, 6) is -0.691. The highest BCUT2D eigenvalue weighted by molar-refractivity contribution is 5.61. The lowest BCUT2D eigenvalue weighted by molar-refractivity contribution is -0.390. The van der Waals surface area contributed by atoms with Crippen molar-refractivity contribution in [2.45, 2.75) is 6.10 Å². The van der Waals surface area contributed by atoms with Gasteiger partial charge in [0.2, 0.25) is 5.75 Å². The van der Waals surface area contributed by atoms with Crippen LogP contribution in [0.1, 0.15) is 11.7 Å². The second-order valence-electron chi connectivity index (χ2n) is 5.04. The second-order valence-corrected chi connectivity index (χ2v) is 5.04. The number of rotatable bonds is 6. The van der Waals surface area contributed by atoms with Gasteiger partial charge in [-0.3, -0.25) is 0 Å². The van der Waals surface area contributed by atoms with Crippen molar-refractivity contribution >= 4 is 5.82 Å². The zero-order chi connectivity index (χ0) is 17.8. The summed E-state index contributed by atoms with van der Waals surface area (Å²) in [5.41, 5.74) is 0.813. The number of nitrogens with zero attached hydrogens (tertiary/aromatic N) is 3. The SMILES string of the molecule is O=[N+]([O-])c1ncccc1OC(CO)c1cc(F)ccc1-c1ncc[nH]1. The lowest BCUT2D eigenvalue weighted by Gasteiger charge is -2.19. The maximum Gasteiger partial charge on any atom is 0.406 e. The first-order valence-electron chi connectivity index (χ1n) is 7.26. The highest BCUT2D eigenvalue weighted by Gasteiger charge is 2.24. The zero-order valence-electron chi connectivity index (χ0n) is 12.8. The number of H-pyrrole nitrogens is 1. The average Bonchev–Trinajstić information content (AvgIpc) is 3.14. The van der Waals surface area contributed by atoms with Gasteiger partial charge in [-0.2, -0.15) is 0 Å². The Labute approximate surface area is 141 Å². The molecule has 128 valence electrons. The van der Waals surface area contributed by atoms with Crippen LogP contribution < -0.4 is 4.74 Å². The topological polar surface area (TPSA) is 114 Å². The van der Waals surface area contributed by atoms with Crippen molar-refractivity contribution in [3.63, 3.8) is 0 Å². The van der Waals surface area contributed by atoms with Crippen LogP contribution in [0.3, 0.4) is 0 Å². The number of halogens is 1. The molecule has 2 aromatic heterocycles. The van der Waals surface area contributed by atoms with E-state index in [1.54, 1.807) is 6.20 Å². The molecule has 0 amide bonds. The number of pyridine rings is 1. The number of benzene rings is 1. The van der Waals surface area contributed by atoms with Crippen LogP contribution in [0, 0.1) is 15.9 Å². The van der Waals surface area contributed by atoms with Gasteiger partial charge in [0.25, 0.3) is 0 Å². The van der Waals surface area contributed by atoms with E-state index in [0.717, 1.165) is 0 Å². The van der Waals surface area contributed by atoms with Crippen molar-refractivity contribution in [3.8, 4) is 17.1 Å². The fourth-order valence-electron chi connectivity index (χ4n) is 2.39. The van der Waals surface area contributed by atoms with E-state index in [4.69, 9.17) is 4.74 Å². The van der Waals surface area contributed by atoms with Gasteiger partial charge in [0, 0.05) is 23.5 Å². The van der Waals surface area contributed by atoms with E-state index in [-0.39, 0.29) is 5.75 Å². The Morgan fingerprint density at radius 1 is 1.32 bits per heavy atom. The summed E-state index contributed by atoms with van der Waals surface area (Å²) in [6.07, 6.45) is 3.35. The van der Waals surface area contributed by atoms with E-state index in [1.165, 1.54) is 42.7 Å². The number of imidazole rings is 1. The molecule has 1 aromatic carbocycles. The minimum absolute atomic E-state index is 0.124. The summed E-state index contributed by atoms with van der Waals surface area (Å²) in [4.78, 5) is 21.0. The molecule has 2 heterocycles. The minimum Gasteiger partial charge on any atom is -0.475 e. The molecule has 1 unspecified atom stereocenters. The standard InChI is InChI=1S/C16H13FN4O4/c17-10-3-4-11(15-18-6-7-19-15)12(8-10)14(9-22)25-13-2-1-5-20-16(13)21(23)24/h1-8,14,22H,9H2,(H,18,19). The molecular formula is C16H13FN4O4. The van der Waals surface area contributed by atoms with E-state index >= 15 is 0 Å². The molecule has 3 aromatic rings. The molecule has 25 heavy (non-hydrogen) atoms. The summed E-state index contributed by atoms with van der Waals surface area (Å²) in [7, 11) is 0. The van der Waals surface area contributed by atoms with Gasteiger partial charge in [-0.15, -0.1) is 0 Å². The van der Waals surface area contributed by atoms with Crippen molar-refractivity contribution in [2.24, 2.45) is 0 Å². The van der Waals surface area contributed by atoms with Crippen molar-refractivity contribution < 1.29 is 19.2 Å². The number of nitro groups is 1. The molecule has 2 N–H and O–H groups in total. The number of aliphatic hydroxyl groups excluding tert-OH is 1. The second kappa shape index (κ2) is 7.05. The van der Waals surface area contributed by atoms with Crippen LogP contribution in [0.5, 0.6) is 5.75 Å². The molecule has 1 atom stereocenters. The van der Waals surface area contributed by atoms with Gasteiger partial charge in [0.15, 0.2) is 0 Å². The molecule has 0 aliphatic carbocycles. The Balaban J connectivity index is 2.02. The summed E-state index contributed by atoms with van der Waals surface area (Å²) in [6.45, 7) is -0.525. The summed E-state index contributed by atoms with van der Waals surface area (Å²) >= 11 is 0. The number of aromatic amines is 1. The predicted molar refractivity (Wildman–Crippen MR) is 85.3 cm³/mol. The molecular weight excluding hydrogens is 331 g/mol. The molecule has 0 fully saturated rings. The molecule has 0 aliphatic rings. The fourth-order valence-corrected chi connectivity index (χ4v) is 2.39. The first kappa shape index (κ1) is 16.5. The van der Waals surface area contributed by atoms with Crippen LogP contribution in [-0.2, 0) is 0 Å². The van der Waals surface area contributed by atoms with E-state index in [9.17, 15) is 19.6 Å². The molecule has 0 saturated carbocycles. The third-order valence-corrected chi connectivity index (χ3v) is 3.47. The largest absolute Gasteiger partial charge is 0.475 e. The molecule has 0 bridgehead atoms. The van der Waals surface area contributed by atoms with Crippen molar-refractivity contribution in [1.82, 2.24) is 15.0 Å². The van der Waals surface area contributed by atoms with Gasteiger partial charge < -0.3 is 24.9 Å². The van der Waals surface area contributed by atoms with Gasteiger partial charge >= 0.3 is 5.82 Å². The van der Waals surface area contributed by atoms with Crippen molar-refractivity contribution in [2.75, 3.05) is 6.61 Å². The zero-order valence-corrected chi connectivity index (χ0v) is 12.8. The lowest BCUT2D eigenvalue weighted by atomic mass is 10.0. The highest BCUT2D eigenvalue weighted by Crippen LogP contribution is 2.33. The smallest absolute Gasteiger partial charge is 0.406 e. The fraction of sp³-hybridized carbons (Fsp3) is 0.125. The molecule has 0 radical (unpaired) electrons. The van der Waals surface area contributed by atoms with Gasteiger partial charge in [0.1, 0.15) is 23.9 Å². The average molecular weight is 344 g/mol. The molecule has 3 rings (SSSR count). The minimum atomic E-state index is -1.04. The first-order valence-corrected chi connectivity index (χ1v) is 7.26.